The van der Waals surface area contributed by atoms with Crippen molar-refractivity contribution < 1.29 is 9.15 Å². The maximum Gasteiger partial charge on any atom is 0.164 e. The van der Waals surface area contributed by atoms with Crippen LogP contribution in [0.3, 0.4) is 0 Å². The molecule has 0 fully saturated rings. The van der Waals surface area contributed by atoms with Gasteiger partial charge in [-0.3, -0.25) is 0 Å². The summed E-state index contributed by atoms with van der Waals surface area (Å²) in [6.45, 7) is 0. The van der Waals surface area contributed by atoms with E-state index in [1.165, 1.54) is 0 Å². The summed E-state index contributed by atoms with van der Waals surface area (Å²) in [4.78, 5) is 17.3. The highest BCUT2D eigenvalue weighted by Gasteiger charge is 2.59. The van der Waals surface area contributed by atoms with E-state index in [1.807, 2.05) is 72.8 Å². The smallest absolute Gasteiger partial charge is 0.164 e. The number of para-hydroxylation sites is 2. The predicted octanol–water partition coefficient (Wildman–Crippen LogP) is 10.8. The summed E-state index contributed by atoms with van der Waals surface area (Å²) in [6, 6.07) is 52.0. The van der Waals surface area contributed by atoms with Gasteiger partial charge < -0.3 is 9.15 Å². The van der Waals surface area contributed by atoms with Gasteiger partial charge in [-0.15, -0.1) is 0 Å². The molecule has 0 bridgehead atoms. The van der Waals surface area contributed by atoms with Crippen molar-refractivity contribution in [2.75, 3.05) is 0 Å². The molecule has 3 heterocycles. The minimum Gasteiger partial charge on any atom is -0.459 e. The first-order valence-electron chi connectivity index (χ1n) is 16.6. The number of furan rings is 1. The molecular formula is C44H25N3O2S. The number of thioether (sulfide) groups is 1. The first-order chi connectivity index (χ1) is 24.8. The molecule has 0 saturated carbocycles. The van der Waals surface area contributed by atoms with E-state index in [1.54, 1.807) is 11.8 Å². The summed E-state index contributed by atoms with van der Waals surface area (Å²) in [5.74, 6) is 4.48. The van der Waals surface area contributed by atoms with Crippen LogP contribution in [0, 0.1) is 0 Å². The minimum atomic E-state index is -0.816. The lowest BCUT2D eigenvalue weighted by atomic mass is 9.76. The number of ether oxygens (including phenoxy) is 1. The Morgan fingerprint density at radius 3 is 1.92 bits per heavy atom. The quantitative estimate of drug-likeness (QED) is 0.188. The highest BCUT2D eigenvalue weighted by atomic mass is 32.2. The Balaban J connectivity index is 1.20. The van der Waals surface area contributed by atoms with Gasteiger partial charge in [-0.05, 0) is 46.5 Å². The average Bonchev–Trinajstić information content (AvgIpc) is 3.81. The molecule has 3 aliphatic rings. The van der Waals surface area contributed by atoms with Gasteiger partial charge in [-0.25, -0.2) is 15.0 Å². The van der Waals surface area contributed by atoms with Gasteiger partial charge in [0.05, 0.1) is 9.80 Å². The van der Waals surface area contributed by atoms with Gasteiger partial charge in [0.15, 0.2) is 17.5 Å². The van der Waals surface area contributed by atoms with Crippen molar-refractivity contribution in [3.63, 3.8) is 0 Å². The molecule has 1 spiro atoms. The normalized spacial score (nSPS) is 16.5. The summed E-state index contributed by atoms with van der Waals surface area (Å²) >= 11 is 1.76. The number of fused-ring (bicyclic) bond motifs is 12. The second-order valence-electron chi connectivity index (χ2n) is 12.7. The van der Waals surface area contributed by atoms with Gasteiger partial charge in [0, 0.05) is 27.6 Å². The fourth-order valence-corrected chi connectivity index (χ4v) is 9.00. The molecule has 1 atom stereocenters. The molecule has 1 unspecified atom stereocenters. The monoisotopic (exact) mass is 659 g/mol. The zero-order valence-electron chi connectivity index (χ0n) is 26.5. The zero-order chi connectivity index (χ0) is 32.8. The second kappa shape index (κ2) is 10.4. The van der Waals surface area contributed by atoms with Crippen LogP contribution in [0.2, 0.25) is 0 Å². The Kier molecular flexibility index (Phi) is 5.75. The van der Waals surface area contributed by atoms with Crippen LogP contribution in [0.1, 0.15) is 22.5 Å². The van der Waals surface area contributed by atoms with Gasteiger partial charge in [0.1, 0.15) is 28.3 Å². The lowest BCUT2D eigenvalue weighted by Gasteiger charge is -2.32. The van der Waals surface area contributed by atoms with E-state index < -0.39 is 5.41 Å². The SMILES string of the molecule is c1ccc(-c2nc(-c3ccccc3)nc(-c3ccc4c(c3)C3(C5=C(Sc6ccccc6O5)c5c3oc3ccccc53)c3ccccc3-4)n2)cc1. The third-order valence-corrected chi connectivity index (χ3v) is 11.1. The molecule has 2 aromatic heterocycles. The van der Waals surface area contributed by atoms with Gasteiger partial charge in [-0.2, -0.15) is 0 Å². The Hall–Kier alpha value is -6.24. The van der Waals surface area contributed by atoms with E-state index >= 15 is 0 Å². The molecule has 50 heavy (non-hydrogen) atoms. The fourth-order valence-electron chi connectivity index (χ4n) is 7.83. The van der Waals surface area contributed by atoms with Gasteiger partial charge >= 0.3 is 0 Å². The lowest BCUT2D eigenvalue weighted by molar-refractivity contribution is 0.343. The van der Waals surface area contributed by atoms with Crippen molar-refractivity contribution in [2.45, 2.75) is 10.3 Å². The number of allylic oxidation sites excluding steroid dienone is 1. The van der Waals surface area contributed by atoms with Crippen LogP contribution in [-0.4, -0.2) is 15.0 Å². The summed E-state index contributed by atoms with van der Waals surface area (Å²) in [5, 5.41) is 1.09. The number of hydrogen-bond donors (Lipinski definition) is 0. The Bertz CT molecular complexity index is 2660. The molecule has 6 heteroatoms. The molecular weight excluding hydrogens is 635 g/mol. The topological polar surface area (TPSA) is 61.0 Å². The van der Waals surface area contributed by atoms with Crippen molar-refractivity contribution in [2.24, 2.45) is 0 Å². The molecule has 0 amide bonds. The molecule has 5 nitrogen and oxygen atoms in total. The third kappa shape index (κ3) is 3.76. The number of rotatable bonds is 3. The summed E-state index contributed by atoms with van der Waals surface area (Å²) in [5.41, 5.74) is 8.43. The van der Waals surface area contributed by atoms with E-state index in [0.29, 0.717) is 17.5 Å². The molecule has 8 aromatic rings. The van der Waals surface area contributed by atoms with Crippen molar-refractivity contribution in [3.8, 4) is 51.0 Å². The fraction of sp³-hybridized carbons (Fsp3) is 0.0227. The van der Waals surface area contributed by atoms with Crippen LogP contribution < -0.4 is 4.74 Å². The molecule has 0 radical (unpaired) electrons. The van der Waals surface area contributed by atoms with Crippen LogP contribution >= 0.6 is 11.8 Å². The summed E-state index contributed by atoms with van der Waals surface area (Å²) < 4.78 is 14.0. The van der Waals surface area contributed by atoms with Gasteiger partial charge in [-0.1, -0.05) is 139 Å². The maximum absolute atomic E-state index is 7.05. The molecule has 2 aliphatic carbocycles. The largest absolute Gasteiger partial charge is 0.459 e. The Labute approximate surface area is 292 Å². The van der Waals surface area contributed by atoms with Crippen LogP contribution in [0.15, 0.2) is 167 Å². The van der Waals surface area contributed by atoms with Gasteiger partial charge in [0.25, 0.3) is 0 Å². The number of nitrogens with zero attached hydrogens (tertiary/aromatic N) is 3. The van der Waals surface area contributed by atoms with E-state index in [-0.39, 0.29) is 0 Å². The minimum absolute atomic E-state index is 0.605. The van der Waals surface area contributed by atoms with E-state index in [2.05, 4.69) is 78.9 Å². The van der Waals surface area contributed by atoms with Crippen molar-refractivity contribution in [1.29, 1.82) is 0 Å². The highest BCUT2D eigenvalue weighted by Crippen LogP contribution is 2.67. The number of benzene rings is 6. The average molecular weight is 660 g/mol. The molecule has 0 saturated heterocycles. The second-order valence-corrected chi connectivity index (χ2v) is 13.8. The zero-order valence-corrected chi connectivity index (χ0v) is 27.3. The first-order valence-corrected chi connectivity index (χ1v) is 17.4. The number of aromatic nitrogens is 3. The summed E-state index contributed by atoms with van der Waals surface area (Å²) in [6.07, 6.45) is 0. The molecule has 0 N–H and O–H groups in total. The molecule has 6 aromatic carbocycles. The Morgan fingerprint density at radius 1 is 0.520 bits per heavy atom. The molecule has 11 rings (SSSR count). The van der Waals surface area contributed by atoms with Crippen molar-refractivity contribution in [1.82, 2.24) is 15.0 Å². The Morgan fingerprint density at radius 2 is 1.14 bits per heavy atom. The van der Waals surface area contributed by atoms with Crippen LogP contribution in [0.5, 0.6) is 5.75 Å². The van der Waals surface area contributed by atoms with Crippen LogP contribution in [-0.2, 0) is 5.41 Å². The number of hydrogen-bond acceptors (Lipinski definition) is 6. The van der Waals surface area contributed by atoms with Crippen LogP contribution in [0.25, 0.3) is 61.2 Å². The van der Waals surface area contributed by atoms with Crippen molar-refractivity contribution in [3.05, 3.63) is 180 Å². The summed E-state index contributed by atoms with van der Waals surface area (Å²) in [7, 11) is 0. The van der Waals surface area contributed by atoms with Crippen LogP contribution in [0.4, 0.5) is 0 Å². The molecule has 1 aliphatic heterocycles. The third-order valence-electron chi connectivity index (χ3n) is 9.99. The van der Waals surface area contributed by atoms with Gasteiger partial charge in [0.2, 0.25) is 0 Å². The highest BCUT2D eigenvalue weighted by molar-refractivity contribution is 8.08. The standard InChI is InChI=1S/C44H25N3O2S/c1-3-13-26(14-4-1)41-45-42(27-15-5-2-6-16-27)47-43(46-41)28-23-24-30-29-17-7-9-19-32(29)44(33(30)25-28)39-37(31-18-8-10-20-34(31)48-39)38-40(44)49-35-21-11-12-22-36(35)50-38/h1-25H. The van der Waals surface area contributed by atoms with Crippen molar-refractivity contribution >= 4 is 27.6 Å². The van der Waals surface area contributed by atoms with E-state index in [0.717, 1.165) is 82.5 Å². The predicted molar refractivity (Wildman–Crippen MR) is 198 cm³/mol. The first kappa shape index (κ1) is 27.7. The van der Waals surface area contributed by atoms with E-state index in [9.17, 15) is 0 Å². The maximum atomic E-state index is 7.05. The lowest BCUT2D eigenvalue weighted by Crippen LogP contribution is -2.30. The van der Waals surface area contributed by atoms with E-state index in [4.69, 9.17) is 24.1 Å². The molecule has 234 valence electrons.